The summed E-state index contributed by atoms with van der Waals surface area (Å²) in [4.78, 5) is 9.78. The lowest BCUT2D eigenvalue weighted by Gasteiger charge is -2.05. The van der Waals surface area contributed by atoms with E-state index >= 15 is 0 Å². The highest BCUT2D eigenvalue weighted by atomic mass is 32.2. The Kier molecular flexibility index (Phi) is 7.57. The molecule has 0 bridgehead atoms. The Balaban J connectivity index is 1.45. The van der Waals surface area contributed by atoms with Gasteiger partial charge in [-0.25, -0.2) is 18.4 Å². The molecule has 0 aliphatic heterocycles. The second-order valence-electron chi connectivity index (χ2n) is 8.11. The van der Waals surface area contributed by atoms with Crippen molar-refractivity contribution in [3.63, 3.8) is 0 Å². The van der Waals surface area contributed by atoms with E-state index in [1.54, 1.807) is 24.3 Å². The Morgan fingerprint density at radius 3 is 2.08 bits per heavy atom. The van der Waals surface area contributed by atoms with Gasteiger partial charge in [-0.3, -0.25) is 10.1 Å². The van der Waals surface area contributed by atoms with Gasteiger partial charge in [0.05, 0.1) is 32.6 Å². The first-order valence-electron chi connectivity index (χ1n) is 10.9. The lowest BCUT2D eigenvalue weighted by molar-refractivity contribution is 0.601. The monoisotopic (exact) mass is 539 g/mol. The van der Waals surface area contributed by atoms with Crippen LogP contribution in [-0.2, 0) is 10.0 Å². The second-order valence-corrected chi connectivity index (χ2v) is 11.8. The molecule has 4 aromatic rings. The summed E-state index contributed by atoms with van der Waals surface area (Å²) in [6.07, 6.45) is 0. The number of aromatic nitrogens is 2. The van der Waals surface area contributed by atoms with Gasteiger partial charge in [0.25, 0.3) is 10.0 Å². The number of benzene rings is 2. The summed E-state index contributed by atoms with van der Waals surface area (Å²) in [6.45, 7) is 9.42. The van der Waals surface area contributed by atoms with Crippen LogP contribution in [0.2, 0.25) is 0 Å². The molecule has 9 nitrogen and oxygen atoms in total. The van der Waals surface area contributed by atoms with E-state index in [0.29, 0.717) is 21.5 Å². The third-order valence-electron chi connectivity index (χ3n) is 5.06. The Hall–Kier alpha value is -3.48. The fourth-order valence-corrected chi connectivity index (χ4v) is 5.97. The Labute approximate surface area is 218 Å². The Morgan fingerprint density at radius 1 is 0.806 bits per heavy atom. The van der Waals surface area contributed by atoms with Crippen molar-refractivity contribution in [3.8, 4) is 0 Å². The molecular weight excluding hydrogens is 515 g/mol. The predicted molar refractivity (Wildman–Crippen MR) is 147 cm³/mol. The molecule has 0 spiro atoms. The van der Waals surface area contributed by atoms with E-state index < -0.39 is 10.0 Å². The van der Waals surface area contributed by atoms with Crippen LogP contribution in [0.4, 0.5) is 21.0 Å². The fraction of sp³-hybridized carbons (Fsp3) is 0.208. The van der Waals surface area contributed by atoms with Gasteiger partial charge in [-0.2, -0.15) is 5.10 Å². The van der Waals surface area contributed by atoms with E-state index in [4.69, 9.17) is 0 Å². The number of rotatable bonds is 8. The molecule has 36 heavy (non-hydrogen) atoms. The quantitative estimate of drug-likeness (QED) is 0.143. The van der Waals surface area contributed by atoms with Gasteiger partial charge in [-0.05, 0) is 58.9 Å². The van der Waals surface area contributed by atoms with Gasteiger partial charge >= 0.3 is 0 Å². The zero-order valence-electron chi connectivity index (χ0n) is 20.4. The van der Waals surface area contributed by atoms with E-state index in [9.17, 15) is 8.42 Å². The van der Waals surface area contributed by atoms with Crippen molar-refractivity contribution in [2.75, 3.05) is 10.1 Å². The maximum absolute atomic E-state index is 12.7. The molecule has 2 aromatic carbocycles. The summed E-state index contributed by atoms with van der Waals surface area (Å²) < 4.78 is 27.9. The molecule has 2 N–H and O–H groups in total. The van der Waals surface area contributed by atoms with E-state index in [2.05, 4.69) is 35.4 Å². The highest BCUT2D eigenvalue weighted by Crippen LogP contribution is 2.32. The van der Waals surface area contributed by atoms with Crippen molar-refractivity contribution in [1.29, 1.82) is 0 Å². The normalized spacial score (nSPS) is 12.3. The van der Waals surface area contributed by atoms with Crippen LogP contribution in [0, 0.1) is 27.7 Å². The smallest absolute Gasteiger partial charge is 0.255 e. The van der Waals surface area contributed by atoms with Crippen molar-refractivity contribution in [3.05, 3.63) is 75.9 Å². The zero-order chi connectivity index (χ0) is 25.9. The van der Waals surface area contributed by atoms with Gasteiger partial charge in [0.1, 0.15) is 0 Å². The Morgan fingerprint density at radius 2 is 1.42 bits per heavy atom. The number of thiazole rings is 2. The molecule has 12 heteroatoms. The molecule has 0 amide bonds. The van der Waals surface area contributed by atoms with Gasteiger partial charge in [0.2, 0.25) is 5.13 Å². The molecule has 0 saturated heterocycles. The summed E-state index contributed by atoms with van der Waals surface area (Å²) in [5.41, 5.74) is 7.95. The highest BCUT2D eigenvalue weighted by molar-refractivity contribution is 7.93. The number of aryl methyl sites for hydroxylation is 4. The molecule has 0 saturated carbocycles. The Bertz CT molecular complexity index is 1540. The SMILES string of the molecule is C/C(=N\Nc1nc(C)c(N=Nc2ccc(C)cc2)s1)c1sc(NS(=O)(=O)c2ccc(C)cc2)nc1C. The van der Waals surface area contributed by atoms with Gasteiger partial charge in [0.15, 0.2) is 10.1 Å². The van der Waals surface area contributed by atoms with Crippen LogP contribution in [0.25, 0.3) is 0 Å². The average molecular weight is 540 g/mol. The molecule has 2 aromatic heterocycles. The lowest BCUT2D eigenvalue weighted by Crippen LogP contribution is -2.12. The van der Waals surface area contributed by atoms with Crippen molar-refractivity contribution in [2.24, 2.45) is 15.3 Å². The van der Waals surface area contributed by atoms with E-state index in [1.165, 1.54) is 22.7 Å². The van der Waals surface area contributed by atoms with Crippen LogP contribution in [0.3, 0.4) is 0 Å². The maximum Gasteiger partial charge on any atom is 0.263 e. The van der Waals surface area contributed by atoms with Crippen LogP contribution in [0.15, 0.2) is 68.8 Å². The zero-order valence-corrected chi connectivity index (χ0v) is 22.8. The number of sulfonamides is 1. The first kappa shape index (κ1) is 25.6. The average Bonchev–Trinajstić information content (AvgIpc) is 3.38. The largest absolute Gasteiger partial charge is 0.263 e. The number of hydrazone groups is 1. The van der Waals surface area contributed by atoms with Gasteiger partial charge in [0, 0.05) is 0 Å². The maximum atomic E-state index is 12.7. The van der Waals surface area contributed by atoms with E-state index in [-0.39, 0.29) is 10.0 Å². The minimum absolute atomic E-state index is 0.184. The number of nitrogens with one attached hydrogen (secondary N) is 2. The number of azo groups is 1. The topological polar surface area (TPSA) is 121 Å². The predicted octanol–water partition coefficient (Wildman–Crippen LogP) is 6.89. The molecule has 0 radical (unpaired) electrons. The summed E-state index contributed by atoms with van der Waals surface area (Å²) >= 11 is 2.56. The number of anilines is 2. The molecular formula is C24H25N7O2S3. The van der Waals surface area contributed by atoms with Crippen molar-refractivity contribution in [1.82, 2.24) is 9.97 Å². The van der Waals surface area contributed by atoms with Gasteiger partial charge in [-0.15, -0.1) is 10.2 Å². The number of hydrogen-bond donors (Lipinski definition) is 2. The second kappa shape index (κ2) is 10.6. The van der Waals surface area contributed by atoms with Crippen LogP contribution in [0.1, 0.15) is 34.3 Å². The summed E-state index contributed by atoms with van der Waals surface area (Å²) in [5.74, 6) is 0. The van der Waals surface area contributed by atoms with Crippen LogP contribution in [-0.4, -0.2) is 24.1 Å². The van der Waals surface area contributed by atoms with Crippen molar-refractivity contribution < 1.29 is 8.42 Å². The first-order valence-corrected chi connectivity index (χ1v) is 14.1. The summed E-state index contributed by atoms with van der Waals surface area (Å²) in [6, 6.07) is 14.4. The highest BCUT2D eigenvalue weighted by Gasteiger charge is 2.18. The van der Waals surface area contributed by atoms with E-state index in [0.717, 1.165) is 27.4 Å². The van der Waals surface area contributed by atoms with Gasteiger partial charge < -0.3 is 0 Å². The molecule has 4 rings (SSSR count). The third kappa shape index (κ3) is 6.20. The first-order chi connectivity index (χ1) is 17.1. The van der Waals surface area contributed by atoms with Crippen LogP contribution >= 0.6 is 22.7 Å². The van der Waals surface area contributed by atoms with Crippen LogP contribution < -0.4 is 10.1 Å². The molecule has 0 aliphatic carbocycles. The number of hydrogen-bond acceptors (Lipinski definition) is 10. The molecule has 0 unspecified atom stereocenters. The van der Waals surface area contributed by atoms with Crippen LogP contribution in [0.5, 0.6) is 0 Å². The molecule has 0 fully saturated rings. The molecule has 186 valence electrons. The lowest BCUT2D eigenvalue weighted by atomic mass is 10.2. The standard InChI is InChI=1S/C24H25N7O2S3/c1-14-6-10-19(11-7-14)28-29-22-18(5)26-23(35-22)30-27-17(4)21-16(3)25-24(34-21)31-36(32,33)20-12-8-15(2)9-13-20/h6-13H,1-5H3,(H,25,31)(H,26,30)/b27-17+,29-28?. The third-order valence-corrected chi connectivity index (χ3v) is 8.67. The summed E-state index contributed by atoms with van der Waals surface area (Å²) in [5, 5.41) is 14.5. The molecule has 0 atom stereocenters. The molecule has 0 aliphatic rings. The fourth-order valence-electron chi connectivity index (χ4n) is 3.09. The van der Waals surface area contributed by atoms with Crippen molar-refractivity contribution in [2.45, 2.75) is 39.5 Å². The van der Waals surface area contributed by atoms with Gasteiger partial charge in [-0.1, -0.05) is 58.1 Å². The van der Waals surface area contributed by atoms with E-state index in [1.807, 2.05) is 58.9 Å². The minimum atomic E-state index is -3.73. The number of nitrogens with zero attached hydrogens (tertiary/aromatic N) is 5. The molecule has 2 heterocycles. The van der Waals surface area contributed by atoms with Crippen molar-refractivity contribution >= 4 is 59.4 Å². The summed E-state index contributed by atoms with van der Waals surface area (Å²) in [7, 11) is -3.73. The minimum Gasteiger partial charge on any atom is -0.255 e.